The molecule has 1 unspecified atom stereocenters. The fourth-order valence-electron chi connectivity index (χ4n) is 4.57. The molecule has 10 heteroatoms. The minimum absolute atomic E-state index is 0.0237. The lowest BCUT2D eigenvalue weighted by atomic mass is 10.0. The fraction of sp³-hybridized carbons (Fsp3) is 0.375. The van der Waals surface area contributed by atoms with Crippen molar-refractivity contribution in [2.75, 3.05) is 25.1 Å². The summed E-state index contributed by atoms with van der Waals surface area (Å²) in [5.74, 6) is -0.113. The number of rotatable bonds is 12. The number of benzene rings is 3. The van der Waals surface area contributed by atoms with Crippen molar-refractivity contribution in [3.8, 4) is 11.5 Å². The summed E-state index contributed by atoms with van der Waals surface area (Å²) in [6, 6.07) is 19.4. The predicted molar refractivity (Wildman–Crippen MR) is 164 cm³/mol. The van der Waals surface area contributed by atoms with Crippen molar-refractivity contribution in [1.82, 2.24) is 10.2 Å². The molecule has 0 heterocycles. The first-order valence-corrected chi connectivity index (χ1v) is 15.2. The van der Waals surface area contributed by atoms with Crippen LogP contribution in [-0.2, 0) is 26.2 Å². The first kappa shape index (κ1) is 32.5. The summed E-state index contributed by atoms with van der Waals surface area (Å²) in [7, 11) is -1.27. The van der Waals surface area contributed by atoms with Gasteiger partial charge < -0.3 is 19.7 Å². The number of anilines is 1. The van der Waals surface area contributed by atoms with Crippen molar-refractivity contribution in [3.05, 3.63) is 83.9 Å². The second-order valence-electron chi connectivity index (χ2n) is 11.0. The first-order valence-electron chi connectivity index (χ1n) is 13.8. The minimum atomic E-state index is -4.20. The van der Waals surface area contributed by atoms with E-state index in [1.54, 1.807) is 30.3 Å². The normalized spacial score (nSPS) is 12.3. The highest BCUT2D eigenvalue weighted by molar-refractivity contribution is 7.92. The summed E-state index contributed by atoms with van der Waals surface area (Å²) in [6.45, 7) is 8.97. The van der Waals surface area contributed by atoms with E-state index in [1.165, 1.54) is 37.3 Å². The third-order valence-electron chi connectivity index (χ3n) is 6.75. The van der Waals surface area contributed by atoms with Gasteiger partial charge in [-0.1, -0.05) is 49.4 Å². The summed E-state index contributed by atoms with van der Waals surface area (Å²) in [5.41, 5.74) is 1.50. The van der Waals surface area contributed by atoms with E-state index in [0.29, 0.717) is 17.9 Å². The second-order valence-corrected chi connectivity index (χ2v) is 12.8. The SMILES string of the molecule is CCC(C(=O)NC(C)(C)C)N(Cc1ccccc1C)C(=O)CN(c1ccc(OC)c(OC)c1)S(=O)(=O)c1ccccc1. The summed E-state index contributed by atoms with van der Waals surface area (Å²) < 4.78 is 39.9. The molecule has 0 aliphatic heterocycles. The number of ether oxygens (including phenoxy) is 2. The number of aryl methyl sites for hydroxylation is 1. The molecule has 3 rings (SSSR count). The number of carbonyl (C=O) groups is 2. The maximum Gasteiger partial charge on any atom is 0.264 e. The van der Waals surface area contributed by atoms with Gasteiger partial charge in [0.05, 0.1) is 24.8 Å². The highest BCUT2D eigenvalue weighted by Crippen LogP contribution is 2.34. The zero-order valence-corrected chi connectivity index (χ0v) is 26.2. The van der Waals surface area contributed by atoms with E-state index in [9.17, 15) is 18.0 Å². The number of sulfonamides is 1. The Hall–Kier alpha value is -4.05. The lowest BCUT2D eigenvalue weighted by Crippen LogP contribution is -2.55. The molecule has 2 amide bonds. The summed E-state index contributed by atoms with van der Waals surface area (Å²) in [5, 5.41) is 2.98. The molecule has 226 valence electrons. The van der Waals surface area contributed by atoms with Crippen molar-refractivity contribution in [2.45, 2.75) is 64.1 Å². The number of nitrogens with zero attached hydrogens (tertiary/aromatic N) is 2. The largest absolute Gasteiger partial charge is 0.493 e. The molecule has 0 radical (unpaired) electrons. The molecule has 0 aromatic heterocycles. The molecular weight excluding hydrogens is 554 g/mol. The highest BCUT2D eigenvalue weighted by atomic mass is 32.2. The minimum Gasteiger partial charge on any atom is -0.493 e. The van der Waals surface area contributed by atoms with Gasteiger partial charge in [0.2, 0.25) is 11.8 Å². The van der Waals surface area contributed by atoms with Crippen molar-refractivity contribution < 1.29 is 27.5 Å². The molecule has 0 saturated heterocycles. The van der Waals surface area contributed by atoms with E-state index >= 15 is 0 Å². The standard InChI is InChI=1S/C32H41N3O6S/c1-8-27(31(37)33-32(3,4)5)34(21-24-15-13-12-14-23(24)2)30(36)22-35(42(38,39)26-16-10-9-11-17-26)25-18-19-28(40-6)29(20-25)41-7/h9-20,27H,8,21-22H2,1-7H3,(H,33,37). The Kier molecular flexibility index (Phi) is 10.6. The number of hydrogen-bond acceptors (Lipinski definition) is 6. The summed E-state index contributed by atoms with van der Waals surface area (Å²) in [4.78, 5) is 29.2. The topological polar surface area (TPSA) is 105 Å². The molecular formula is C32H41N3O6S. The maximum atomic E-state index is 14.3. The van der Waals surface area contributed by atoms with E-state index in [1.807, 2.05) is 58.9 Å². The van der Waals surface area contributed by atoms with Crippen LogP contribution >= 0.6 is 0 Å². The number of carbonyl (C=O) groups excluding carboxylic acids is 2. The van der Waals surface area contributed by atoms with Crippen LogP contribution in [0.5, 0.6) is 11.5 Å². The molecule has 42 heavy (non-hydrogen) atoms. The molecule has 3 aromatic rings. The van der Waals surface area contributed by atoms with E-state index in [0.717, 1.165) is 15.4 Å². The zero-order valence-electron chi connectivity index (χ0n) is 25.4. The van der Waals surface area contributed by atoms with Gasteiger partial charge in [-0.2, -0.15) is 0 Å². The lowest BCUT2D eigenvalue weighted by Gasteiger charge is -2.35. The third-order valence-corrected chi connectivity index (χ3v) is 8.54. The molecule has 0 saturated carbocycles. The smallest absolute Gasteiger partial charge is 0.264 e. The molecule has 0 aliphatic carbocycles. The number of nitrogens with one attached hydrogen (secondary N) is 1. The van der Waals surface area contributed by atoms with Gasteiger partial charge >= 0.3 is 0 Å². The van der Waals surface area contributed by atoms with Crippen LogP contribution in [0.2, 0.25) is 0 Å². The quantitative estimate of drug-likeness (QED) is 0.318. The molecule has 1 N–H and O–H groups in total. The lowest BCUT2D eigenvalue weighted by molar-refractivity contribution is -0.141. The Labute approximate surface area is 249 Å². The molecule has 0 aliphatic rings. The highest BCUT2D eigenvalue weighted by Gasteiger charge is 2.35. The van der Waals surface area contributed by atoms with Crippen LogP contribution in [0, 0.1) is 6.92 Å². The maximum absolute atomic E-state index is 14.3. The van der Waals surface area contributed by atoms with E-state index in [-0.39, 0.29) is 23.0 Å². The molecule has 1 atom stereocenters. The average molecular weight is 596 g/mol. The average Bonchev–Trinajstić information content (AvgIpc) is 2.95. The third kappa shape index (κ3) is 7.82. The Morgan fingerprint density at radius 3 is 2.10 bits per heavy atom. The Bertz CT molecular complexity index is 1490. The molecule has 3 aromatic carbocycles. The van der Waals surface area contributed by atoms with Gasteiger partial charge in [0.15, 0.2) is 11.5 Å². The van der Waals surface area contributed by atoms with E-state index < -0.39 is 34.1 Å². The Balaban J connectivity index is 2.13. The van der Waals surface area contributed by atoms with Crippen LogP contribution < -0.4 is 19.1 Å². The summed E-state index contributed by atoms with van der Waals surface area (Å²) in [6.07, 6.45) is 0.335. The Morgan fingerprint density at radius 1 is 0.905 bits per heavy atom. The molecule has 0 bridgehead atoms. The monoisotopic (exact) mass is 595 g/mol. The number of hydrogen-bond donors (Lipinski definition) is 1. The van der Waals surface area contributed by atoms with Crippen molar-refractivity contribution >= 4 is 27.5 Å². The summed E-state index contributed by atoms with van der Waals surface area (Å²) >= 11 is 0. The van der Waals surface area contributed by atoms with Crippen LogP contribution in [0.25, 0.3) is 0 Å². The van der Waals surface area contributed by atoms with Crippen LogP contribution in [0.1, 0.15) is 45.2 Å². The van der Waals surface area contributed by atoms with Crippen LogP contribution in [0.4, 0.5) is 5.69 Å². The molecule has 0 fully saturated rings. The van der Waals surface area contributed by atoms with Crippen LogP contribution in [0.3, 0.4) is 0 Å². The van der Waals surface area contributed by atoms with Crippen molar-refractivity contribution in [3.63, 3.8) is 0 Å². The van der Waals surface area contributed by atoms with Crippen LogP contribution in [-0.4, -0.2) is 57.5 Å². The van der Waals surface area contributed by atoms with Gasteiger partial charge in [-0.05, 0) is 69.5 Å². The van der Waals surface area contributed by atoms with Gasteiger partial charge in [-0.15, -0.1) is 0 Å². The van der Waals surface area contributed by atoms with Gasteiger partial charge in [0.25, 0.3) is 10.0 Å². The van der Waals surface area contributed by atoms with E-state index in [2.05, 4.69) is 5.32 Å². The van der Waals surface area contributed by atoms with Gasteiger partial charge in [0, 0.05) is 18.2 Å². The van der Waals surface area contributed by atoms with Crippen molar-refractivity contribution in [1.29, 1.82) is 0 Å². The fourth-order valence-corrected chi connectivity index (χ4v) is 6.00. The first-order chi connectivity index (χ1) is 19.8. The van der Waals surface area contributed by atoms with E-state index in [4.69, 9.17) is 9.47 Å². The van der Waals surface area contributed by atoms with Gasteiger partial charge in [-0.25, -0.2) is 8.42 Å². The van der Waals surface area contributed by atoms with Crippen molar-refractivity contribution in [2.24, 2.45) is 0 Å². The van der Waals surface area contributed by atoms with Crippen LogP contribution in [0.15, 0.2) is 77.7 Å². The Morgan fingerprint density at radius 2 is 1.52 bits per heavy atom. The van der Waals surface area contributed by atoms with Gasteiger partial charge in [-0.3, -0.25) is 13.9 Å². The molecule has 9 nitrogen and oxygen atoms in total. The second kappa shape index (κ2) is 13.7. The van der Waals surface area contributed by atoms with Gasteiger partial charge in [0.1, 0.15) is 12.6 Å². The number of methoxy groups -OCH3 is 2. The zero-order chi connectivity index (χ0) is 31.1. The number of amides is 2. The molecule has 0 spiro atoms. The predicted octanol–water partition coefficient (Wildman–Crippen LogP) is 4.93.